The summed E-state index contributed by atoms with van der Waals surface area (Å²) >= 11 is 0. The van der Waals surface area contributed by atoms with Crippen molar-refractivity contribution in [2.24, 2.45) is 0 Å². The molecule has 3 aromatic rings. The Morgan fingerprint density at radius 1 is 1.00 bits per heavy atom. The summed E-state index contributed by atoms with van der Waals surface area (Å²) < 4.78 is 7.28. The first kappa shape index (κ1) is 19.4. The average Bonchev–Trinajstić information content (AvgIpc) is 3.03. The SMILES string of the molecule is CC(=O)NCc1ccc(C(=O)OCc2ccc(-n3nc(C)cc3C)cc2)cc1. The van der Waals surface area contributed by atoms with E-state index in [1.807, 2.05) is 48.9 Å². The Balaban J connectivity index is 1.57. The summed E-state index contributed by atoms with van der Waals surface area (Å²) in [6, 6.07) is 16.8. The second kappa shape index (κ2) is 8.52. The third-order valence-corrected chi connectivity index (χ3v) is 4.29. The van der Waals surface area contributed by atoms with Gasteiger partial charge in [-0.05, 0) is 55.3 Å². The van der Waals surface area contributed by atoms with Crippen molar-refractivity contribution in [3.63, 3.8) is 0 Å². The summed E-state index contributed by atoms with van der Waals surface area (Å²) in [4.78, 5) is 23.2. The van der Waals surface area contributed by atoms with Gasteiger partial charge in [-0.3, -0.25) is 4.79 Å². The molecule has 0 radical (unpaired) electrons. The van der Waals surface area contributed by atoms with Crippen molar-refractivity contribution in [1.29, 1.82) is 0 Å². The van der Waals surface area contributed by atoms with Crippen molar-refractivity contribution in [1.82, 2.24) is 15.1 Å². The molecule has 0 unspecified atom stereocenters. The van der Waals surface area contributed by atoms with E-state index in [1.54, 1.807) is 24.3 Å². The number of esters is 1. The Morgan fingerprint density at radius 2 is 1.64 bits per heavy atom. The number of ether oxygens (including phenoxy) is 1. The molecule has 1 amide bonds. The Morgan fingerprint density at radius 3 is 2.21 bits per heavy atom. The number of carbonyl (C=O) groups excluding carboxylic acids is 2. The van der Waals surface area contributed by atoms with Gasteiger partial charge in [-0.1, -0.05) is 24.3 Å². The van der Waals surface area contributed by atoms with Crippen molar-refractivity contribution in [3.05, 3.63) is 82.7 Å². The van der Waals surface area contributed by atoms with Crippen molar-refractivity contribution in [2.45, 2.75) is 33.9 Å². The fraction of sp³-hybridized carbons (Fsp3) is 0.227. The van der Waals surface area contributed by atoms with Crippen LogP contribution in [0.5, 0.6) is 0 Å². The normalized spacial score (nSPS) is 10.5. The first-order chi connectivity index (χ1) is 13.4. The number of hydrogen-bond acceptors (Lipinski definition) is 4. The van der Waals surface area contributed by atoms with E-state index in [4.69, 9.17) is 4.74 Å². The molecular formula is C22H23N3O3. The van der Waals surface area contributed by atoms with Gasteiger partial charge in [0.25, 0.3) is 0 Å². The number of amides is 1. The van der Waals surface area contributed by atoms with E-state index >= 15 is 0 Å². The molecule has 0 fully saturated rings. The molecule has 0 aliphatic rings. The van der Waals surface area contributed by atoms with Gasteiger partial charge in [0, 0.05) is 19.2 Å². The van der Waals surface area contributed by atoms with Gasteiger partial charge >= 0.3 is 5.97 Å². The van der Waals surface area contributed by atoms with Gasteiger partial charge in [0.1, 0.15) is 6.61 Å². The molecule has 0 spiro atoms. The lowest BCUT2D eigenvalue weighted by atomic mass is 10.1. The molecule has 6 nitrogen and oxygen atoms in total. The molecule has 0 aliphatic heterocycles. The zero-order valence-corrected chi connectivity index (χ0v) is 16.2. The quantitative estimate of drug-likeness (QED) is 0.668. The monoisotopic (exact) mass is 377 g/mol. The highest BCUT2D eigenvalue weighted by Crippen LogP contribution is 2.14. The first-order valence-electron chi connectivity index (χ1n) is 9.05. The molecule has 6 heteroatoms. The van der Waals surface area contributed by atoms with E-state index in [2.05, 4.69) is 10.4 Å². The number of hydrogen-bond donors (Lipinski definition) is 1. The van der Waals surface area contributed by atoms with Crippen molar-refractivity contribution in [2.75, 3.05) is 0 Å². The number of benzene rings is 2. The predicted octanol–water partition coefficient (Wildman–Crippen LogP) is 3.48. The molecule has 1 N–H and O–H groups in total. The summed E-state index contributed by atoms with van der Waals surface area (Å²) in [5, 5.41) is 7.18. The third kappa shape index (κ3) is 4.85. The lowest BCUT2D eigenvalue weighted by Gasteiger charge is -2.08. The van der Waals surface area contributed by atoms with Gasteiger partial charge in [-0.2, -0.15) is 5.10 Å². The maximum absolute atomic E-state index is 12.2. The van der Waals surface area contributed by atoms with Gasteiger partial charge in [0.15, 0.2) is 0 Å². The van der Waals surface area contributed by atoms with Crippen LogP contribution in [0.15, 0.2) is 54.6 Å². The largest absolute Gasteiger partial charge is 0.457 e. The highest BCUT2D eigenvalue weighted by Gasteiger charge is 2.08. The topological polar surface area (TPSA) is 73.2 Å². The van der Waals surface area contributed by atoms with Gasteiger partial charge in [0.05, 0.1) is 16.9 Å². The fourth-order valence-corrected chi connectivity index (χ4v) is 2.84. The molecule has 0 saturated carbocycles. The number of nitrogens with zero attached hydrogens (tertiary/aromatic N) is 2. The van der Waals surface area contributed by atoms with E-state index in [-0.39, 0.29) is 18.5 Å². The molecule has 3 rings (SSSR count). The van der Waals surface area contributed by atoms with Crippen LogP contribution in [-0.4, -0.2) is 21.7 Å². The summed E-state index contributed by atoms with van der Waals surface area (Å²) in [6.45, 7) is 6.08. The molecule has 0 saturated heterocycles. The second-order valence-corrected chi connectivity index (χ2v) is 6.69. The van der Waals surface area contributed by atoms with Crippen LogP contribution < -0.4 is 5.32 Å². The van der Waals surface area contributed by atoms with Crippen LogP contribution >= 0.6 is 0 Å². The maximum atomic E-state index is 12.2. The van der Waals surface area contributed by atoms with E-state index in [0.717, 1.165) is 28.2 Å². The Kier molecular flexibility index (Phi) is 5.89. The van der Waals surface area contributed by atoms with E-state index < -0.39 is 0 Å². The number of carbonyl (C=O) groups is 2. The van der Waals surface area contributed by atoms with Crippen molar-refractivity contribution in [3.8, 4) is 5.69 Å². The van der Waals surface area contributed by atoms with Crippen LogP contribution in [0.1, 0.15) is 39.8 Å². The fourth-order valence-electron chi connectivity index (χ4n) is 2.84. The Hall–Kier alpha value is -3.41. The van der Waals surface area contributed by atoms with Crippen molar-refractivity contribution >= 4 is 11.9 Å². The van der Waals surface area contributed by atoms with Gasteiger partial charge in [0.2, 0.25) is 5.91 Å². The minimum Gasteiger partial charge on any atom is -0.457 e. The number of aryl methyl sites for hydroxylation is 2. The minimum absolute atomic E-state index is 0.0904. The maximum Gasteiger partial charge on any atom is 0.338 e. The highest BCUT2D eigenvalue weighted by atomic mass is 16.5. The predicted molar refractivity (Wildman–Crippen MR) is 106 cm³/mol. The zero-order valence-electron chi connectivity index (χ0n) is 16.2. The van der Waals surface area contributed by atoms with Gasteiger partial charge in [-0.15, -0.1) is 0 Å². The first-order valence-corrected chi connectivity index (χ1v) is 9.05. The summed E-state index contributed by atoms with van der Waals surface area (Å²) in [7, 11) is 0. The molecule has 1 aromatic heterocycles. The smallest absolute Gasteiger partial charge is 0.338 e. The lowest BCUT2D eigenvalue weighted by Crippen LogP contribution is -2.18. The number of rotatable bonds is 6. The Labute approximate surface area is 164 Å². The molecule has 0 aliphatic carbocycles. The molecule has 2 aromatic carbocycles. The molecular weight excluding hydrogens is 354 g/mol. The number of aromatic nitrogens is 2. The van der Waals surface area contributed by atoms with Crippen LogP contribution in [0.3, 0.4) is 0 Å². The van der Waals surface area contributed by atoms with E-state index in [0.29, 0.717) is 12.1 Å². The average molecular weight is 377 g/mol. The third-order valence-electron chi connectivity index (χ3n) is 4.29. The van der Waals surface area contributed by atoms with Gasteiger partial charge < -0.3 is 10.1 Å². The van der Waals surface area contributed by atoms with Crippen LogP contribution in [0.25, 0.3) is 5.69 Å². The van der Waals surface area contributed by atoms with Crippen LogP contribution in [0.2, 0.25) is 0 Å². The number of nitrogens with one attached hydrogen (secondary N) is 1. The molecule has 0 atom stereocenters. The van der Waals surface area contributed by atoms with Gasteiger partial charge in [-0.25, -0.2) is 9.48 Å². The zero-order chi connectivity index (χ0) is 20.1. The Bertz CT molecular complexity index is 973. The van der Waals surface area contributed by atoms with Crippen LogP contribution in [0, 0.1) is 13.8 Å². The lowest BCUT2D eigenvalue weighted by molar-refractivity contribution is -0.119. The molecule has 0 bridgehead atoms. The molecule has 144 valence electrons. The van der Waals surface area contributed by atoms with Crippen molar-refractivity contribution < 1.29 is 14.3 Å². The second-order valence-electron chi connectivity index (χ2n) is 6.69. The highest BCUT2D eigenvalue weighted by molar-refractivity contribution is 5.89. The standard InChI is InChI=1S/C22H23N3O3/c1-15-12-16(2)25(24-15)21-10-6-19(7-11-21)14-28-22(27)20-8-4-18(5-9-20)13-23-17(3)26/h4-12H,13-14H2,1-3H3,(H,23,26). The summed E-state index contributed by atoms with van der Waals surface area (Å²) in [6.07, 6.45) is 0. The minimum atomic E-state index is -0.381. The van der Waals surface area contributed by atoms with E-state index in [9.17, 15) is 9.59 Å². The summed E-state index contributed by atoms with van der Waals surface area (Å²) in [5.74, 6) is -0.471. The molecule has 1 heterocycles. The van der Waals surface area contributed by atoms with Crippen LogP contribution in [0.4, 0.5) is 0 Å². The van der Waals surface area contributed by atoms with Crippen LogP contribution in [-0.2, 0) is 22.7 Å². The summed E-state index contributed by atoms with van der Waals surface area (Å²) in [5.41, 5.74) is 5.31. The molecule has 28 heavy (non-hydrogen) atoms. The van der Waals surface area contributed by atoms with E-state index in [1.165, 1.54) is 6.92 Å².